The van der Waals surface area contributed by atoms with E-state index in [9.17, 15) is 24.8 Å². The van der Waals surface area contributed by atoms with Crippen LogP contribution in [-0.2, 0) is 9.53 Å². The summed E-state index contributed by atoms with van der Waals surface area (Å²) < 4.78 is 5.18. The molecular weight excluding hydrogens is 396 g/mol. The molecule has 0 aliphatic heterocycles. The first kappa shape index (κ1) is 18.4. The Morgan fingerprint density at radius 2 is 2.00 bits per heavy atom. The molecule has 25 heavy (non-hydrogen) atoms. The van der Waals surface area contributed by atoms with E-state index in [1.54, 1.807) is 13.0 Å². The number of carbonyl (C=O) groups excluding carboxylic acids is 2. The molecule has 2 aromatic carbocycles. The van der Waals surface area contributed by atoms with Crippen molar-refractivity contribution >= 4 is 39.2 Å². The first-order valence-corrected chi connectivity index (χ1v) is 7.78. The molecule has 0 aromatic heterocycles. The second-order valence-electron chi connectivity index (χ2n) is 5.07. The number of rotatable bonds is 5. The number of nitrogens with one attached hydrogen (secondary N) is 1. The van der Waals surface area contributed by atoms with Gasteiger partial charge in [-0.05, 0) is 41.1 Å². The van der Waals surface area contributed by atoms with Gasteiger partial charge in [0.2, 0.25) is 0 Å². The van der Waals surface area contributed by atoms with Crippen molar-refractivity contribution in [3.8, 4) is 5.75 Å². The van der Waals surface area contributed by atoms with Crippen LogP contribution < -0.4 is 5.32 Å². The number of esters is 1. The third-order valence-corrected chi connectivity index (χ3v) is 3.80. The summed E-state index contributed by atoms with van der Waals surface area (Å²) in [6.45, 7) is 1.17. The molecule has 0 saturated heterocycles. The van der Waals surface area contributed by atoms with Crippen molar-refractivity contribution in [2.45, 2.75) is 6.92 Å². The van der Waals surface area contributed by atoms with Gasteiger partial charge in [-0.3, -0.25) is 14.9 Å². The van der Waals surface area contributed by atoms with Gasteiger partial charge in [0, 0.05) is 16.6 Å². The SMILES string of the molecule is Cc1ccc(O)c(C(=O)OCC(=O)Nc2ccc([N+](=O)[O-])cc2Br)c1. The molecular formula is C16H13BrN2O6. The van der Waals surface area contributed by atoms with Gasteiger partial charge in [0.15, 0.2) is 6.61 Å². The minimum Gasteiger partial charge on any atom is -0.507 e. The quantitative estimate of drug-likeness (QED) is 0.445. The fourth-order valence-electron chi connectivity index (χ4n) is 1.93. The largest absolute Gasteiger partial charge is 0.507 e. The number of amides is 1. The fourth-order valence-corrected chi connectivity index (χ4v) is 2.39. The van der Waals surface area contributed by atoms with E-state index in [1.165, 1.54) is 30.3 Å². The van der Waals surface area contributed by atoms with E-state index in [1.807, 2.05) is 0 Å². The number of nitro benzene ring substituents is 1. The lowest BCUT2D eigenvalue weighted by Crippen LogP contribution is -2.21. The Morgan fingerprint density at radius 3 is 2.64 bits per heavy atom. The van der Waals surface area contributed by atoms with E-state index in [-0.39, 0.29) is 17.0 Å². The minimum atomic E-state index is -0.834. The molecule has 0 bridgehead atoms. The number of aryl methyl sites for hydroxylation is 1. The van der Waals surface area contributed by atoms with E-state index in [0.29, 0.717) is 10.2 Å². The van der Waals surface area contributed by atoms with E-state index < -0.39 is 23.4 Å². The average Bonchev–Trinajstić information content (AvgIpc) is 2.56. The molecule has 2 rings (SSSR count). The van der Waals surface area contributed by atoms with Gasteiger partial charge in [-0.15, -0.1) is 0 Å². The van der Waals surface area contributed by atoms with Crippen LogP contribution in [0.25, 0.3) is 0 Å². The van der Waals surface area contributed by atoms with E-state index in [4.69, 9.17) is 4.74 Å². The second-order valence-corrected chi connectivity index (χ2v) is 5.92. The number of nitrogens with zero attached hydrogens (tertiary/aromatic N) is 1. The van der Waals surface area contributed by atoms with Crippen LogP contribution in [0.2, 0.25) is 0 Å². The Morgan fingerprint density at radius 1 is 1.28 bits per heavy atom. The van der Waals surface area contributed by atoms with Gasteiger partial charge in [0.25, 0.3) is 11.6 Å². The number of nitro groups is 1. The van der Waals surface area contributed by atoms with E-state index >= 15 is 0 Å². The van der Waals surface area contributed by atoms with E-state index in [2.05, 4.69) is 21.2 Å². The summed E-state index contributed by atoms with van der Waals surface area (Å²) in [5.41, 5.74) is 0.879. The molecule has 2 aromatic rings. The number of carbonyl (C=O) groups is 2. The number of anilines is 1. The van der Waals surface area contributed by atoms with Crippen molar-refractivity contribution in [3.05, 3.63) is 62.1 Å². The molecule has 0 aliphatic rings. The zero-order chi connectivity index (χ0) is 18.6. The molecule has 0 saturated carbocycles. The Bertz CT molecular complexity index is 853. The number of aromatic hydroxyl groups is 1. The van der Waals surface area contributed by atoms with Crippen LogP contribution in [0.4, 0.5) is 11.4 Å². The standard InChI is InChI=1S/C16H13BrN2O6/c1-9-2-5-14(20)11(6-9)16(22)25-8-15(21)18-13-4-3-10(19(23)24)7-12(13)17/h2-7,20H,8H2,1H3,(H,18,21). The molecule has 0 atom stereocenters. The zero-order valence-corrected chi connectivity index (χ0v) is 14.6. The molecule has 0 spiro atoms. The van der Waals surface area contributed by atoms with Crippen molar-refractivity contribution in [2.24, 2.45) is 0 Å². The Kier molecular flexibility index (Phi) is 5.71. The first-order valence-electron chi connectivity index (χ1n) is 6.98. The molecule has 130 valence electrons. The third kappa shape index (κ3) is 4.77. The van der Waals surface area contributed by atoms with Gasteiger partial charge in [0.1, 0.15) is 11.3 Å². The summed E-state index contributed by atoms with van der Waals surface area (Å²) >= 11 is 3.12. The zero-order valence-electron chi connectivity index (χ0n) is 13.0. The van der Waals surface area contributed by atoms with Crippen LogP contribution in [0.3, 0.4) is 0 Å². The molecule has 8 nitrogen and oxygen atoms in total. The number of benzene rings is 2. The van der Waals surface area contributed by atoms with Crippen LogP contribution in [0.5, 0.6) is 5.75 Å². The van der Waals surface area contributed by atoms with Gasteiger partial charge < -0.3 is 15.2 Å². The average molecular weight is 409 g/mol. The number of hydrogen-bond donors (Lipinski definition) is 2. The number of non-ortho nitro benzene ring substituents is 1. The van der Waals surface area contributed by atoms with Crippen molar-refractivity contribution in [3.63, 3.8) is 0 Å². The summed E-state index contributed by atoms with van der Waals surface area (Å²) in [6.07, 6.45) is 0. The molecule has 0 radical (unpaired) electrons. The van der Waals surface area contributed by atoms with Gasteiger partial charge in [0.05, 0.1) is 10.6 Å². The summed E-state index contributed by atoms with van der Waals surface area (Å²) in [7, 11) is 0. The number of phenolic OH excluding ortho intramolecular Hbond substituents is 1. The Labute approximate surface area is 150 Å². The minimum absolute atomic E-state index is 0.0377. The van der Waals surface area contributed by atoms with Crippen LogP contribution >= 0.6 is 15.9 Å². The molecule has 9 heteroatoms. The predicted molar refractivity (Wildman–Crippen MR) is 92.6 cm³/mol. The molecule has 2 N–H and O–H groups in total. The molecule has 1 amide bonds. The van der Waals surface area contributed by atoms with Crippen LogP contribution in [0.1, 0.15) is 15.9 Å². The number of ether oxygens (including phenoxy) is 1. The van der Waals surface area contributed by atoms with Gasteiger partial charge in [-0.1, -0.05) is 11.6 Å². The van der Waals surface area contributed by atoms with Crippen molar-refractivity contribution in [2.75, 3.05) is 11.9 Å². The highest BCUT2D eigenvalue weighted by Crippen LogP contribution is 2.27. The lowest BCUT2D eigenvalue weighted by atomic mass is 10.1. The van der Waals surface area contributed by atoms with Gasteiger partial charge in [-0.25, -0.2) is 4.79 Å². The highest BCUT2D eigenvalue weighted by Gasteiger charge is 2.16. The van der Waals surface area contributed by atoms with Crippen molar-refractivity contribution in [1.29, 1.82) is 0 Å². The second kappa shape index (κ2) is 7.75. The van der Waals surface area contributed by atoms with Crippen LogP contribution in [0.15, 0.2) is 40.9 Å². The lowest BCUT2D eigenvalue weighted by molar-refractivity contribution is -0.384. The van der Waals surface area contributed by atoms with Crippen molar-refractivity contribution < 1.29 is 24.4 Å². The number of phenols is 1. The summed E-state index contributed by atoms with van der Waals surface area (Å²) in [5, 5.41) is 22.8. The number of hydrogen-bond acceptors (Lipinski definition) is 6. The predicted octanol–water partition coefficient (Wildman–Crippen LogP) is 3.17. The maximum Gasteiger partial charge on any atom is 0.342 e. The highest BCUT2D eigenvalue weighted by atomic mass is 79.9. The maximum atomic E-state index is 11.9. The smallest absolute Gasteiger partial charge is 0.342 e. The van der Waals surface area contributed by atoms with Crippen molar-refractivity contribution in [1.82, 2.24) is 0 Å². The topological polar surface area (TPSA) is 119 Å². The van der Waals surface area contributed by atoms with Crippen LogP contribution in [0, 0.1) is 17.0 Å². The maximum absolute atomic E-state index is 11.9. The number of halogens is 1. The molecule has 0 heterocycles. The van der Waals surface area contributed by atoms with Gasteiger partial charge >= 0.3 is 5.97 Å². The molecule has 0 fully saturated rings. The fraction of sp³-hybridized carbons (Fsp3) is 0.125. The van der Waals surface area contributed by atoms with Gasteiger partial charge in [-0.2, -0.15) is 0 Å². The summed E-state index contributed by atoms with van der Waals surface area (Å²) in [4.78, 5) is 33.9. The molecule has 0 aliphatic carbocycles. The Hall–Kier alpha value is -2.94. The normalized spacial score (nSPS) is 10.2. The third-order valence-electron chi connectivity index (χ3n) is 3.14. The molecule has 0 unspecified atom stereocenters. The lowest BCUT2D eigenvalue weighted by Gasteiger charge is -2.09. The van der Waals surface area contributed by atoms with E-state index in [0.717, 1.165) is 5.56 Å². The summed E-state index contributed by atoms with van der Waals surface area (Å²) in [5.74, 6) is -1.71. The monoisotopic (exact) mass is 408 g/mol. The highest BCUT2D eigenvalue weighted by molar-refractivity contribution is 9.10. The van der Waals surface area contributed by atoms with Crippen LogP contribution in [-0.4, -0.2) is 28.5 Å². The Balaban J connectivity index is 1.98. The first-order chi connectivity index (χ1) is 11.8. The summed E-state index contributed by atoms with van der Waals surface area (Å²) in [6, 6.07) is 8.27.